The molecule has 14 heavy (non-hydrogen) atoms. The minimum absolute atomic E-state index is 0. The predicted molar refractivity (Wildman–Crippen MR) is 49.5 cm³/mol. The second kappa shape index (κ2) is 12.1. The van der Waals surface area contributed by atoms with Crippen LogP contribution in [0.25, 0.3) is 0 Å². The van der Waals surface area contributed by atoms with E-state index < -0.39 is 0 Å². The van der Waals surface area contributed by atoms with E-state index >= 15 is 0 Å². The van der Waals surface area contributed by atoms with Crippen molar-refractivity contribution in [2.45, 2.75) is 20.8 Å². The maximum Gasteiger partial charge on any atom is 0.155 e. The molecule has 0 aliphatic rings. The van der Waals surface area contributed by atoms with Crippen LogP contribution in [0, 0.1) is 0 Å². The SMILES string of the molecule is CC(=O)/C=C(/C)O.CC(=O)/C=C\O.[Pt]. The van der Waals surface area contributed by atoms with Gasteiger partial charge in [-0.3, -0.25) is 9.59 Å². The number of allylic oxidation sites excluding steroid dienone is 3. The van der Waals surface area contributed by atoms with Crippen molar-refractivity contribution in [2.24, 2.45) is 0 Å². The molecule has 0 atom stereocenters. The fourth-order valence-electron chi connectivity index (χ4n) is 0.399. The topological polar surface area (TPSA) is 74.6 Å². The van der Waals surface area contributed by atoms with Crippen molar-refractivity contribution in [1.82, 2.24) is 0 Å². The van der Waals surface area contributed by atoms with Gasteiger partial charge in [0.15, 0.2) is 11.6 Å². The number of carbonyl (C=O) groups is 2. The molecule has 0 aromatic rings. The monoisotopic (exact) mass is 381 g/mol. The van der Waals surface area contributed by atoms with E-state index in [1.807, 2.05) is 0 Å². The summed E-state index contributed by atoms with van der Waals surface area (Å²) in [5.41, 5.74) is 0. The normalized spacial score (nSPS) is 9.79. The molecule has 0 aliphatic carbocycles. The zero-order valence-corrected chi connectivity index (χ0v) is 10.5. The summed E-state index contributed by atoms with van der Waals surface area (Å²) < 4.78 is 0. The average molecular weight is 381 g/mol. The van der Waals surface area contributed by atoms with Gasteiger partial charge in [0, 0.05) is 33.2 Å². The molecule has 0 spiro atoms. The minimum atomic E-state index is -0.141. The van der Waals surface area contributed by atoms with Crippen LogP contribution in [0.15, 0.2) is 24.2 Å². The quantitative estimate of drug-likeness (QED) is 0.564. The maximum atomic E-state index is 10.0. The molecular weight excluding hydrogens is 367 g/mol. The van der Waals surface area contributed by atoms with E-state index in [0.29, 0.717) is 0 Å². The summed E-state index contributed by atoms with van der Waals surface area (Å²) in [6.45, 7) is 4.22. The summed E-state index contributed by atoms with van der Waals surface area (Å²) >= 11 is 0. The fourth-order valence-corrected chi connectivity index (χ4v) is 0.399. The third-order valence-corrected chi connectivity index (χ3v) is 0.721. The second-order valence-electron chi connectivity index (χ2n) is 2.32. The van der Waals surface area contributed by atoms with Gasteiger partial charge in [-0.05, 0) is 20.8 Å². The zero-order chi connectivity index (χ0) is 10.9. The van der Waals surface area contributed by atoms with Crippen LogP contribution in [-0.4, -0.2) is 21.8 Å². The Morgan fingerprint density at radius 2 is 1.50 bits per heavy atom. The molecule has 0 amide bonds. The molecule has 4 nitrogen and oxygen atoms in total. The van der Waals surface area contributed by atoms with Gasteiger partial charge in [0.1, 0.15) is 0 Å². The summed E-state index contributed by atoms with van der Waals surface area (Å²) in [6, 6.07) is 0. The van der Waals surface area contributed by atoms with E-state index in [9.17, 15) is 9.59 Å². The van der Waals surface area contributed by atoms with Crippen molar-refractivity contribution < 1.29 is 40.9 Å². The van der Waals surface area contributed by atoms with Gasteiger partial charge in [0.2, 0.25) is 0 Å². The van der Waals surface area contributed by atoms with Crippen LogP contribution in [0.3, 0.4) is 0 Å². The van der Waals surface area contributed by atoms with E-state index in [-0.39, 0.29) is 38.4 Å². The molecule has 0 rings (SSSR count). The van der Waals surface area contributed by atoms with Gasteiger partial charge in [-0.25, -0.2) is 0 Å². The molecule has 0 aromatic carbocycles. The van der Waals surface area contributed by atoms with E-state index in [1.54, 1.807) is 0 Å². The minimum Gasteiger partial charge on any atom is -0.515 e. The number of hydrogen-bond donors (Lipinski definition) is 2. The summed E-state index contributed by atoms with van der Waals surface area (Å²) in [4.78, 5) is 19.8. The predicted octanol–water partition coefficient (Wildman–Crippen LogP) is 1.68. The van der Waals surface area contributed by atoms with Crippen LogP contribution in [0.5, 0.6) is 0 Å². The summed E-state index contributed by atoms with van der Waals surface area (Å²) in [5, 5.41) is 16.2. The molecule has 5 heteroatoms. The van der Waals surface area contributed by atoms with Crippen LogP contribution in [-0.2, 0) is 30.7 Å². The van der Waals surface area contributed by atoms with Gasteiger partial charge in [-0.15, -0.1) is 0 Å². The summed E-state index contributed by atoms with van der Waals surface area (Å²) in [5.74, 6) is -0.204. The van der Waals surface area contributed by atoms with Crippen molar-refractivity contribution in [1.29, 1.82) is 0 Å². The molecule has 0 saturated carbocycles. The third-order valence-electron chi connectivity index (χ3n) is 0.721. The zero-order valence-electron chi connectivity index (χ0n) is 8.26. The fraction of sp³-hybridized carbons (Fsp3) is 0.333. The van der Waals surface area contributed by atoms with E-state index in [2.05, 4.69) is 0 Å². The second-order valence-corrected chi connectivity index (χ2v) is 2.32. The van der Waals surface area contributed by atoms with Gasteiger partial charge < -0.3 is 10.2 Å². The first-order valence-corrected chi connectivity index (χ1v) is 3.59. The Kier molecular flexibility index (Phi) is 16.3. The van der Waals surface area contributed by atoms with Crippen molar-refractivity contribution >= 4 is 11.6 Å². The Morgan fingerprint density at radius 1 is 1.07 bits per heavy atom. The first-order valence-electron chi connectivity index (χ1n) is 3.59. The van der Waals surface area contributed by atoms with Crippen molar-refractivity contribution in [3.05, 3.63) is 24.2 Å². The van der Waals surface area contributed by atoms with Gasteiger partial charge in [-0.2, -0.15) is 0 Å². The van der Waals surface area contributed by atoms with E-state index in [1.165, 1.54) is 26.8 Å². The van der Waals surface area contributed by atoms with Crippen molar-refractivity contribution in [3.8, 4) is 0 Å². The Hall–Kier alpha value is -0.892. The van der Waals surface area contributed by atoms with Gasteiger partial charge in [-0.1, -0.05) is 0 Å². The standard InChI is InChI=1S/C5H8O2.C4H6O2.Pt/c1-4(6)3-5(2)7;1-4(6)2-3-5;/h3,6H,1-2H3;2-3,5H,1H3;/b4-3-;3-2-;. The number of ketones is 2. The number of aliphatic hydroxyl groups is 2. The van der Waals surface area contributed by atoms with Crippen molar-refractivity contribution in [3.63, 3.8) is 0 Å². The number of aliphatic hydroxyl groups excluding tert-OH is 2. The molecule has 0 saturated heterocycles. The molecule has 0 bridgehead atoms. The van der Waals surface area contributed by atoms with Gasteiger partial charge >= 0.3 is 0 Å². The smallest absolute Gasteiger partial charge is 0.155 e. The number of rotatable bonds is 2. The summed E-state index contributed by atoms with van der Waals surface area (Å²) in [7, 11) is 0. The molecule has 0 unspecified atom stereocenters. The molecule has 0 radical (unpaired) electrons. The Bertz CT molecular complexity index is 227. The molecule has 2 N–H and O–H groups in total. The van der Waals surface area contributed by atoms with Gasteiger partial charge in [0.05, 0.1) is 12.0 Å². The van der Waals surface area contributed by atoms with Crippen molar-refractivity contribution in [2.75, 3.05) is 0 Å². The Morgan fingerprint density at radius 3 is 1.50 bits per heavy atom. The third kappa shape index (κ3) is 30.4. The van der Waals surface area contributed by atoms with Crippen LogP contribution < -0.4 is 0 Å². The first-order chi connectivity index (χ1) is 5.90. The Labute approximate surface area is 97.6 Å². The molecular formula is C9H14O4Pt. The molecule has 0 aromatic heterocycles. The van der Waals surface area contributed by atoms with Crippen LogP contribution in [0.2, 0.25) is 0 Å². The van der Waals surface area contributed by atoms with E-state index in [0.717, 1.165) is 12.3 Å². The van der Waals surface area contributed by atoms with Crippen LogP contribution in [0.4, 0.5) is 0 Å². The molecule has 84 valence electrons. The molecule has 0 heterocycles. The molecule has 0 aliphatic heterocycles. The number of hydrogen-bond acceptors (Lipinski definition) is 4. The number of carbonyl (C=O) groups excluding carboxylic acids is 2. The van der Waals surface area contributed by atoms with E-state index in [4.69, 9.17) is 10.2 Å². The van der Waals surface area contributed by atoms with Gasteiger partial charge in [0.25, 0.3) is 0 Å². The van der Waals surface area contributed by atoms with Crippen LogP contribution >= 0.6 is 0 Å². The first kappa shape index (κ1) is 18.8. The molecule has 0 fully saturated rings. The maximum absolute atomic E-state index is 10.0. The average Bonchev–Trinajstić information content (AvgIpc) is 1.83. The summed E-state index contributed by atoms with van der Waals surface area (Å²) in [6.07, 6.45) is 2.97. The largest absolute Gasteiger partial charge is 0.515 e. The van der Waals surface area contributed by atoms with Crippen LogP contribution in [0.1, 0.15) is 20.8 Å². The Balaban J connectivity index is -0.000000163.